The predicted octanol–water partition coefficient (Wildman–Crippen LogP) is 2.99. The van der Waals surface area contributed by atoms with Gasteiger partial charge in [0.25, 0.3) is 0 Å². The number of nitrogens with zero attached hydrogens (tertiary/aromatic N) is 1. The van der Waals surface area contributed by atoms with Gasteiger partial charge in [0.15, 0.2) is 0 Å². The monoisotopic (exact) mass is 295 g/mol. The van der Waals surface area contributed by atoms with Crippen LogP contribution in [0.15, 0.2) is 24.3 Å². The van der Waals surface area contributed by atoms with Crippen LogP contribution in [0.4, 0.5) is 0 Å². The van der Waals surface area contributed by atoms with Crippen molar-refractivity contribution >= 4 is 17.5 Å². The molecule has 1 aromatic rings. The third-order valence-corrected chi connectivity index (χ3v) is 4.49. The van der Waals surface area contributed by atoms with Crippen molar-refractivity contribution in [2.24, 2.45) is 0 Å². The first-order valence-corrected chi connectivity index (χ1v) is 7.53. The fraction of sp³-hybridized carbons (Fsp3) is 0.562. The summed E-state index contributed by atoms with van der Waals surface area (Å²) in [5.41, 5.74) is 0.680. The lowest BCUT2D eigenvalue weighted by Crippen LogP contribution is -2.50. The fourth-order valence-electron chi connectivity index (χ4n) is 2.77. The van der Waals surface area contributed by atoms with Crippen molar-refractivity contribution in [3.63, 3.8) is 0 Å². The first kappa shape index (κ1) is 15.3. The molecule has 20 heavy (non-hydrogen) atoms. The molecule has 2 rings (SSSR count). The third-order valence-electron chi connectivity index (χ3n) is 4.24. The minimum Gasteiger partial charge on any atom is -0.393 e. The number of amides is 1. The van der Waals surface area contributed by atoms with Crippen LogP contribution in [0, 0.1) is 0 Å². The molecule has 1 aromatic carbocycles. The number of hydrogen-bond acceptors (Lipinski definition) is 2. The van der Waals surface area contributed by atoms with Crippen LogP contribution < -0.4 is 0 Å². The molecule has 1 aliphatic carbocycles. The van der Waals surface area contributed by atoms with Crippen LogP contribution in [0.2, 0.25) is 5.02 Å². The van der Waals surface area contributed by atoms with Crippen molar-refractivity contribution in [1.29, 1.82) is 0 Å². The quantitative estimate of drug-likeness (QED) is 0.907. The van der Waals surface area contributed by atoms with Gasteiger partial charge in [-0.05, 0) is 43.9 Å². The molecule has 0 saturated heterocycles. The Kier molecular flexibility index (Phi) is 4.71. The molecule has 1 fully saturated rings. The summed E-state index contributed by atoms with van der Waals surface area (Å²) in [6, 6.07) is 7.61. The SMILES string of the molecule is CC(O)CCN(C)C(=O)C1(c2ccc(Cl)cc2)CCC1. The molecule has 1 N–H and O–H groups in total. The van der Waals surface area contributed by atoms with Gasteiger partial charge in [0.05, 0.1) is 11.5 Å². The highest BCUT2D eigenvalue weighted by Gasteiger charge is 2.46. The minimum atomic E-state index is -0.377. The van der Waals surface area contributed by atoms with Crippen LogP contribution in [-0.2, 0) is 10.2 Å². The highest BCUT2D eigenvalue weighted by molar-refractivity contribution is 6.30. The van der Waals surface area contributed by atoms with Crippen molar-refractivity contribution in [1.82, 2.24) is 4.90 Å². The molecule has 0 heterocycles. The van der Waals surface area contributed by atoms with E-state index < -0.39 is 0 Å². The highest BCUT2D eigenvalue weighted by atomic mass is 35.5. The second kappa shape index (κ2) is 6.15. The van der Waals surface area contributed by atoms with Gasteiger partial charge in [0.2, 0.25) is 5.91 Å². The number of halogens is 1. The zero-order valence-electron chi connectivity index (χ0n) is 12.1. The molecule has 0 aliphatic heterocycles. The van der Waals surface area contributed by atoms with Gasteiger partial charge in [-0.1, -0.05) is 30.2 Å². The highest BCUT2D eigenvalue weighted by Crippen LogP contribution is 2.45. The maximum absolute atomic E-state index is 12.8. The Hall–Kier alpha value is -1.06. The Labute approximate surface area is 125 Å². The lowest BCUT2D eigenvalue weighted by Gasteiger charge is -2.43. The van der Waals surface area contributed by atoms with Crippen molar-refractivity contribution in [3.8, 4) is 0 Å². The zero-order chi connectivity index (χ0) is 14.8. The van der Waals surface area contributed by atoms with Crippen LogP contribution in [0.5, 0.6) is 0 Å². The molecule has 110 valence electrons. The molecular weight excluding hydrogens is 274 g/mol. The van der Waals surface area contributed by atoms with E-state index in [1.54, 1.807) is 11.8 Å². The average molecular weight is 296 g/mol. The number of rotatable bonds is 5. The largest absolute Gasteiger partial charge is 0.393 e. The summed E-state index contributed by atoms with van der Waals surface area (Å²) in [6.07, 6.45) is 3.11. The molecular formula is C16H22ClNO2. The summed E-state index contributed by atoms with van der Waals surface area (Å²) in [4.78, 5) is 14.5. The van der Waals surface area contributed by atoms with Gasteiger partial charge in [-0.15, -0.1) is 0 Å². The zero-order valence-corrected chi connectivity index (χ0v) is 12.9. The minimum absolute atomic E-state index is 0.159. The van der Waals surface area contributed by atoms with Crippen molar-refractivity contribution in [3.05, 3.63) is 34.9 Å². The van der Waals surface area contributed by atoms with E-state index in [9.17, 15) is 9.90 Å². The molecule has 1 unspecified atom stereocenters. The van der Waals surface area contributed by atoms with Crippen LogP contribution in [-0.4, -0.2) is 35.6 Å². The summed E-state index contributed by atoms with van der Waals surface area (Å²) in [5.74, 6) is 0.159. The standard InChI is InChI=1S/C16H22ClNO2/c1-12(19)8-11-18(2)15(20)16(9-3-10-16)13-4-6-14(17)7-5-13/h4-7,12,19H,3,8-11H2,1-2H3. The number of carbonyl (C=O) groups excluding carboxylic acids is 1. The fourth-order valence-corrected chi connectivity index (χ4v) is 2.90. The number of aliphatic hydroxyl groups is 1. The lowest BCUT2D eigenvalue weighted by atomic mass is 9.63. The molecule has 0 aromatic heterocycles. The van der Waals surface area contributed by atoms with Crippen LogP contribution in [0.1, 0.15) is 38.2 Å². The average Bonchev–Trinajstić information content (AvgIpc) is 2.36. The predicted molar refractivity (Wildman–Crippen MR) is 80.9 cm³/mol. The van der Waals surface area contributed by atoms with Gasteiger partial charge in [-0.25, -0.2) is 0 Å². The van der Waals surface area contributed by atoms with Crippen molar-refractivity contribution in [2.45, 2.75) is 44.1 Å². The van der Waals surface area contributed by atoms with Crippen LogP contribution >= 0.6 is 11.6 Å². The Morgan fingerprint density at radius 2 is 2.00 bits per heavy atom. The van der Waals surface area contributed by atoms with Gasteiger partial charge in [-0.2, -0.15) is 0 Å². The first-order valence-electron chi connectivity index (χ1n) is 7.15. The van der Waals surface area contributed by atoms with Crippen molar-refractivity contribution in [2.75, 3.05) is 13.6 Å². The third kappa shape index (κ3) is 2.99. The molecule has 0 spiro atoms. The van der Waals surface area contributed by atoms with E-state index in [0.29, 0.717) is 18.0 Å². The summed E-state index contributed by atoms with van der Waals surface area (Å²) in [7, 11) is 1.82. The normalized spacial score (nSPS) is 18.2. The van der Waals surface area contributed by atoms with E-state index in [1.807, 2.05) is 31.3 Å². The van der Waals surface area contributed by atoms with E-state index in [1.165, 1.54) is 0 Å². The summed E-state index contributed by atoms with van der Waals surface area (Å²) < 4.78 is 0. The lowest BCUT2D eigenvalue weighted by molar-refractivity contribution is -0.139. The maximum atomic E-state index is 12.8. The topological polar surface area (TPSA) is 40.5 Å². The van der Waals surface area contributed by atoms with E-state index in [2.05, 4.69) is 0 Å². The summed E-state index contributed by atoms with van der Waals surface area (Å²) in [6.45, 7) is 2.34. The van der Waals surface area contributed by atoms with Gasteiger partial charge in [0, 0.05) is 18.6 Å². The number of likely N-dealkylation sites (N-methyl/N-ethyl adjacent to an activating group) is 1. The van der Waals surface area contributed by atoms with Crippen LogP contribution in [0.25, 0.3) is 0 Å². The number of aliphatic hydroxyl groups excluding tert-OH is 1. The molecule has 1 aliphatic rings. The Morgan fingerprint density at radius 3 is 2.45 bits per heavy atom. The molecule has 0 radical (unpaired) electrons. The van der Waals surface area contributed by atoms with Gasteiger partial charge in [-0.3, -0.25) is 4.79 Å². The van der Waals surface area contributed by atoms with E-state index >= 15 is 0 Å². The summed E-state index contributed by atoms with van der Waals surface area (Å²) in [5, 5.41) is 10.0. The Morgan fingerprint density at radius 1 is 1.40 bits per heavy atom. The second-order valence-corrected chi connectivity index (χ2v) is 6.24. The molecule has 3 nitrogen and oxygen atoms in total. The maximum Gasteiger partial charge on any atom is 0.232 e. The molecule has 1 saturated carbocycles. The first-order chi connectivity index (χ1) is 9.45. The van der Waals surface area contributed by atoms with E-state index in [0.717, 1.165) is 24.8 Å². The molecule has 1 amide bonds. The Balaban J connectivity index is 2.14. The molecule has 1 atom stereocenters. The van der Waals surface area contributed by atoms with Crippen LogP contribution in [0.3, 0.4) is 0 Å². The van der Waals surface area contributed by atoms with Gasteiger partial charge in [0.1, 0.15) is 0 Å². The molecule has 0 bridgehead atoms. The van der Waals surface area contributed by atoms with Gasteiger partial charge < -0.3 is 10.0 Å². The molecule has 4 heteroatoms. The Bertz CT molecular complexity index is 466. The van der Waals surface area contributed by atoms with Gasteiger partial charge >= 0.3 is 0 Å². The smallest absolute Gasteiger partial charge is 0.232 e. The summed E-state index contributed by atoms with van der Waals surface area (Å²) >= 11 is 5.93. The second-order valence-electron chi connectivity index (χ2n) is 5.81. The number of hydrogen-bond donors (Lipinski definition) is 1. The van der Waals surface area contributed by atoms with E-state index in [4.69, 9.17) is 11.6 Å². The number of carbonyl (C=O) groups is 1. The number of benzene rings is 1. The van der Waals surface area contributed by atoms with Crippen molar-refractivity contribution < 1.29 is 9.90 Å². The van der Waals surface area contributed by atoms with E-state index in [-0.39, 0.29) is 17.4 Å².